The lowest BCUT2D eigenvalue weighted by molar-refractivity contribution is -0.387. The molecule has 1 aliphatic rings. The number of rotatable bonds is 4. The van der Waals surface area contributed by atoms with Gasteiger partial charge in [-0.2, -0.15) is 0 Å². The molecule has 0 unspecified atom stereocenters. The summed E-state index contributed by atoms with van der Waals surface area (Å²) in [5.41, 5.74) is 0.137. The largest absolute Gasteiger partial charge is 0.289 e. The zero-order valence-corrected chi connectivity index (χ0v) is 15.5. The fraction of sp³-hybridized carbons (Fsp3) is 0. The van der Waals surface area contributed by atoms with E-state index in [9.17, 15) is 28.1 Å². The number of nitro groups is 1. The lowest BCUT2D eigenvalue weighted by Gasteiger charge is -2.11. The van der Waals surface area contributed by atoms with Crippen LogP contribution in [0.4, 0.5) is 5.69 Å². The molecule has 0 bridgehead atoms. The molecule has 0 spiro atoms. The predicted molar refractivity (Wildman–Crippen MR) is 104 cm³/mol. The van der Waals surface area contributed by atoms with Gasteiger partial charge < -0.3 is 0 Å². The van der Waals surface area contributed by atoms with Crippen LogP contribution in [0.5, 0.6) is 0 Å². The first-order valence-corrected chi connectivity index (χ1v) is 9.83. The van der Waals surface area contributed by atoms with Gasteiger partial charge in [0.15, 0.2) is 4.90 Å². The van der Waals surface area contributed by atoms with Crippen molar-refractivity contribution in [3.63, 3.8) is 0 Å². The Hall–Kier alpha value is -3.85. The van der Waals surface area contributed by atoms with E-state index in [0.29, 0.717) is 5.56 Å². The van der Waals surface area contributed by atoms with Crippen molar-refractivity contribution < 1.29 is 22.9 Å². The van der Waals surface area contributed by atoms with Crippen molar-refractivity contribution in [1.29, 1.82) is 0 Å². The SMILES string of the molecule is O=C1C=Cc2c(c(-c3ccccc3)cn2S(=O)(=O)c2ccccc2[N+](=O)[O-])C1=O. The van der Waals surface area contributed by atoms with E-state index >= 15 is 0 Å². The summed E-state index contributed by atoms with van der Waals surface area (Å²) in [6.07, 6.45) is 3.44. The minimum atomic E-state index is -4.42. The van der Waals surface area contributed by atoms with Gasteiger partial charge in [0, 0.05) is 17.8 Å². The zero-order valence-electron chi connectivity index (χ0n) is 14.7. The van der Waals surface area contributed by atoms with Crippen molar-refractivity contribution >= 4 is 33.4 Å². The molecule has 1 aliphatic carbocycles. The van der Waals surface area contributed by atoms with E-state index < -0.39 is 37.1 Å². The number of benzene rings is 2. The Labute approximate surface area is 164 Å². The van der Waals surface area contributed by atoms with Gasteiger partial charge in [-0.05, 0) is 23.8 Å². The van der Waals surface area contributed by atoms with Crippen molar-refractivity contribution in [3.05, 3.63) is 88.2 Å². The van der Waals surface area contributed by atoms with E-state index in [-0.39, 0.29) is 16.8 Å². The molecule has 2 aromatic carbocycles. The maximum atomic E-state index is 13.3. The Kier molecular flexibility index (Phi) is 4.24. The lowest BCUT2D eigenvalue weighted by atomic mass is 9.94. The van der Waals surface area contributed by atoms with E-state index in [4.69, 9.17) is 0 Å². The average Bonchev–Trinajstić information content (AvgIpc) is 3.12. The molecule has 3 aromatic rings. The monoisotopic (exact) mass is 408 g/mol. The van der Waals surface area contributed by atoms with Gasteiger partial charge in [-0.25, -0.2) is 12.4 Å². The van der Waals surface area contributed by atoms with Gasteiger partial charge in [0.05, 0.1) is 16.2 Å². The third-order valence-electron chi connectivity index (χ3n) is 4.54. The summed E-state index contributed by atoms with van der Waals surface area (Å²) in [7, 11) is -4.42. The Morgan fingerprint density at radius 2 is 1.55 bits per heavy atom. The van der Waals surface area contributed by atoms with Crippen LogP contribution in [-0.4, -0.2) is 28.9 Å². The molecule has 29 heavy (non-hydrogen) atoms. The smallest absolute Gasteiger partial charge is 0.286 e. The molecule has 8 nitrogen and oxygen atoms in total. The maximum absolute atomic E-state index is 13.3. The van der Waals surface area contributed by atoms with Crippen LogP contribution in [0.1, 0.15) is 16.1 Å². The summed E-state index contributed by atoms with van der Waals surface area (Å²) in [6, 6.07) is 13.5. The molecular weight excluding hydrogens is 396 g/mol. The predicted octanol–water partition coefficient (Wildman–Crippen LogP) is 3.08. The number of hydrogen-bond acceptors (Lipinski definition) is 6. The quantitative estimate of drug-likeness (QED) is 0.372. The number of Topliss-reactive ketones (excluding diaryl/α,β-unsaturated/α-hetero) is 1. The summed E-state index contributed by atoms with van der Waals surface area (Å²) in [6.45, 7) is 0. The molecule has 9 heteroatoms. The first-order valence-electron chi connectivity index (χ1n) is 8.39. The molecule has 1 aromatic heterocycles. The highest BCUT2D eigenvalue weighted by Gasteiger charge is 2.34. The standard InChI is InChI=1S/C20H12N2O6S/c23-17-11-10-16-19(20(17)24)14(13-6-2-1-3-7-13)12-21(16)29(27,28)18-9-5-4-8-15(18)22(25)26/h1-12H. The van der Waals surface area contributed by atoms with E-state index in [0.717, 1.165) is 22.2 Å². The van der Waals surface area contributed by atoms with Gasteiger partial charge in [0.25, 0.3) is 15.7 Å². The van der Waals surface area contributed by atoms with Crippen LogP contribution in [0, 0.1) is 10.1 Å². The first-order chi connectivity index (χ1) is 13.8. The Balaban J connectivity index is 2.04. The number of aromatic nitrogens is 1. The van der Waals surface area contributed by atoms with E-state index in [1.54, 1.807) is 30.3 Å². The minimum Gasteiger partial charge on any atom is -0.286 e. The Bertz CT molecular complexity index is 1320. The maximum Gasteiger partial charge on any atom is 0.289 e. The minimum absolute atomic E-state index is 0.0217. The molecular formula is C20H12N2O6S. The fourth-order valence-electron chi connectivity index (χ4n) is 3.22. The normalized spacial score (nSPS) is 13.4. The highest BCUT2D eigenvalue weighted by atomic mass is 32.2. The van der Waals surface area contributed by atoms with Crippen molar-refractivity contribution in [1.82, 2.24) is 3.97 Å². The summed E-state index contributed by atoms with van der Waals surface area (Å²) >= 11 is 0. The first kappa shape index (κ1) is 18.5. The zero-order chi connectivity index (χ0) is 20.8. The molecule has 0 saturated heterocycles. The van der Waals surface area contributed by atoms with Crippen LogP contribution >= 0.6 is 0 Å². The number of ketones is 2. The third-order valence-corrected chi connectivity index (χ3v) is 6.26. The van der Waals surface area contributed by atoms with Gasteiger partial charge in [0.2, 0.25) is 11.6 Å². The summed E-state index contributed by atoms with van der Waals surface area (Å²) < 4.78 is 27.4. The average molecular weight is 408 g/mol. The number of hydrogen-bond donors (Lipinski definition) is 0. The number of nitrogens with zero attached hydrogens (tertiary/aromatic N) is 2. The van der Waals surface area contributed by atoms with Crippen LogP contribution in [-0.2, 0) is 14.8 Å². The molecule has 144 valence electrons. The second-order valence-corrected chi connectivity index (χ2v) is 8.00. The molecule has 0 radical (unpaired) electrons. The number of carbonyl (C=O) groups excluding carboxylic acids is 2. The molecule has 0 amide bonds. The van der Waals surface area contributed by atoms with Crippen molar-refractivity contribution in [3.8, 4) is 11.1 Å². The number of fused-ring (bicyclic) bond motifs is 1. The van der Waals surface area contributed by atoms with Gasteiger partial charge in [-0.15, -0.1) is 0 Å². The van der Waals surface area contributed by atoms with Gasteiger partial charge in [0.1, 0.15) is 0 Å². The van der Waals surface area contributed by atoms with Crippen molar-refractivity contribution in [2.75, 3.05) is 0 Å². The summed E-state index contributed by atoms with van der Waals surface area (Å²) in [5.74, 6) is -1.60. The number of carbonyl (C=O) groups is 2. The molecule has 0 aliphatic heterocycles. The molecule has 0 atom stereocenters. The van der Waals surface area contributed by atoms with Crippen molar-refractivity contribution in [2.45, 2.75) is 4.90 Å². The highest BCUT2D eigenvalue weighted by molar-refractivity contribution is 7.90. The molecule has 0 saturated carbocycles. The number of para-hydroxylation sites is 1. The summed E-state index contributed by atoms with van der Waals surface area (Å²) in [5, 5.41) is 11.3. The fourth-order valence-corrected chi connectivity index (χ4v) is 4.74. The Morgan fingerprint density at radius 1 is 0.897 bits per heavy atom. The van der Waals surface area contributed by atoms with E-state index in [2.05, 4.69) is 0 Å². The molecule has 4 rings (SSSR count). The van der Waals surface area contributed by atoms with Crippen molar-refractivity contribution in [2.24, 2.45) is 0 Å². The van der Waals surface area contributed by atoms with Crippen LogP contribution < -0.4 is 0 Å². The topological polar surface area (TPSA) is 116 Å². The van der Waals surface area contributed by atoms with Crippen LogP contribution in [0.25, 0.3) is 17.2 Å². The van der Waals surface area contributed by atoms with Gasteiger partial charge in [-0.3, -0.25) is 19.7 Å². The summed E-state index contributed by atoms with van der Waals surface area (Å²) in [4.78, 5) is 34.5. The van der Waals surface area contributed by atoms with E-state index in [1.807, 2.05) is 0 Å². The molecule has 0 fully saturated rings. The number of nitro benzene ring substituents is 1. The van der Waals surface area contributed by atoms with E-state index in [1.165, 1.54) is 24.4 Å². The second-order valence-electron chi connectivity index (χ2n) is 6.22. The van der Waals surface area contributed by atoms with Gasteiger partial charge in [-0.1, -0.05) is 42.5 Å². The molecule has 0 N–H and O–H groups in total. The molecule has 1 heterocycles. The number of allylic oxidation sites excluding steroid dienone is 1. The van der Waals surface area contributed by atoms with Gasteiger partial charge >= 0.3 is 0 Å². The second kappa shape index (κ2) is 6.64. The lowest BCUT2D eigenvalue weighted by Crippen LogP contribution is -2.20. The highest BCUT2D eigenvalue weighted by Crippen LogP contribution is 2.35. The van der Waals surface area contributed by atoms with Crippen LogP contribution in [0.15, 0.2) is 71.8 Å². The van der Waals surface area contributed by atoms with Crippen LogP contribution in [0.2, 0.25) is 0 Å². The Morgan fingerprint density at radius 3 is 2.24 bits per heavy atom. The van der Waals surface area contributed by atoms with Crippen LogP contribution in [0.3, 0.4) is 0 Å². The third kappa shape index (κ3) is 2.88.